The second-order valence-electron chi connectivity index (χ2n) is 5.64. The summed E-state index contributed by atoms with van der Waals surface area (Å²) in [6.07, 6.45) is 1.66. The van der Waals surface area contributed by atoms with Gasteiger partial charge in [0.2, 0.25) is 0 Å². The zero-order chi connectivity index (χ0) is 13.2. The summed E-state index contributed by atoms with van der Waals surface area (Å²) < 4.78 is 0. The molecular formula is C15H24N2O. The first-order valence-electron chi connectivity index (χ1n) is 6.75. The van der Waals surface area contributed by atoms with E-state index < -0.39 is 5.60 Å². The van der Waals surface area contributed by atoms with E-state index in [0.29, 0.717) is 6.54 Å². The van der Waals surface area contributed by atoms with Crippen molar-refractivity contribution in [2.75, 3.05) is 19.6 Å². The quantitative estimate of drug-likeness (QED) is 0.858. The van der Waals surface area contributed by atoms with Crippen molar-refractivity contribution in [1.29, 1.82) is 0 Å². The summed E-state index contributed by atoms with van der Waals surface area (Å²) in [5.41, 5.74) is 8.09. The Labute approximate surface area is 110 Å². The molecule has 0 bridgehead atoms. The number of aliphatic hydroxyl groups is 1. The van der Waals surface area contributed by atoms with Gasteiger partial charge in [-0.15, -0.1) is 0 Å². The SMILES string of the molecule is Cc1ccccc1C(CN)N1CCC(C)(O)CC1. The Morgan fingerprint density at radius 2 is 1.94 bits per heavy atom. The molecule has 1 aliphatic heterocycles. The van der Waals surface area contributed by atoms with Gasteiger partial charge in [0.25, 0.3) is 0 Å². The van der Waals surface area contributed by atoms with Gasteiger partial charge in [0, 0.05) is 25.7 Å². The number of likely N-dealkylation sites (tertiary alicyclic amines) is 1. The van der Waals surface area contributed by atoms with E-state index in [-0.39, 0.29) is 6.04 Å². The molecule has 0 spiro atoms. The molecule has 0 aromatic heterocycles. The fourth-order valence-corrected chi connectivity index (χ4v) is 2.75. The number of aryl methyl sites for hydroxylation is 1. The van der Waals surface area contributed by atoms with Gasteiger partial charge in [0.1, 0.15) is 0 Å². The van der Waals surface area contributed by atoms with Crippen LogP contribution in [0.5, 0.6) is 0 Å². The van der Waals surface area contributed by atoms with Crippen molar-refractivity contribution < 1.29 is 5.11 Å². The predicted octanol–water partition coefficient (Wildman–Crippen LogP) is 1.84. The highest BCUT2D eigenvalue weighted by Gasteiger charge is 2.31. The number of nitrogens with two attached hydrogens (primary N) is 1. The Kier molecular flexibility index (Phi) is 4.05. The minimum atomic E-state index is -0.499. The van der Waals surface area contributed by atoms with E-state index in [1.165, 1.54) is 11.1 Å². The van der Waals surface area contributed by atoms with Crippen LogP contribution < -0.4 is 5.73 Å². The molecule has 3 N–H and O–H groups in total. The molecule has 0 saturated carbocycles. The third-order valence-electron chi connectivity index (χ3n) is 4.09. The van der Waals surface area contributed by atoms with E-state index >= 15 is 0 Å². The predicted molar refractivity (Wildman–Crippen MR) is 74.4 cm³/mol. The monoisotopic (exact) mass is 248 g/mol. The van der Waals surface area contributed by atoms with Crippen molar-refractivity contribution in [2.24, 2.45) is 5.73 Å². The number of nitrogens with zero attached hydrogens (tertiary/aromatic N) is 1. The largest absolute Gasteiger partial charge is 0.390 e. The number of hydrogen-bond acceptors (Lipinski definition) is 3. The molecule has 0 aliphatic carbocycles. The lowest BCUT2D eigenvalue weighted by Crippen LogP contribution is -2.45. The molecule has 3 nitrogen and oxygen atoms in total. The molecule has 3 heteroatoms. The van der Waals surface area contributed by atoms with Gasteiger partial charge in [-0.05, 0) is 37.8 Å². The van der Waals surface area contributed by atoms with Crippen LogP contribution in [0.4, 0.5) is 0 Å². The molecule has 1 fully saturated rings. The van der Waals surface area contributed by atoms with Crippen molar-refractivity contribution in [3.05, 3.63) is 35.4 Å². The maximum Gasteiger partial charge on any atom is 0.0644 e. The van der Waals surface area contributed by atoms with Crippen molar-refractivity contribution >= 4 is 0 Å². The third-order valence-corrected chi connectivity index (χ3v) is 4.09. The first-order chi connectivity index (χ1) is 8.53. The fourth-order valence-electron chi connectivity index (χ4n) is 2.75. The van der Waals surface area contributed by atoms with Gasteiger partial charge in [-0.1, -0.05) is 24.3 Å². The van der Waals surface area contributed by atoms with Crippen LogP contribution >= 0.6 is 0 Å². The second kappa shape index (κ2) is 5.39. The lowest BCUT2D eigenvalue weighted by atomic mass is 9.91. The Bertz CT molecular complexity index is 393. The van der Waals surface area contributed by atoms with Crippen molar-refractivity contribution in [1.82, 2.24) is 4.90 Å². The summed E-state index contributed by atoms with van der Waals surface area (Å²) in [7, 11) is 0. The summed E-state index contributed by atoms with van der Waals surface area (Å²) in [6, 6.07) is 8.72. The topological polar surface area (TPSA) is 49.5 Å². The van der Waals surface area contributed by atoms with Crippen LogP contribution in [0.1, 0.15) is 36.9 Å². The Hall–Kier alpha value is -0.900. The zero-order valence-corrected chi connectivity index (χ0v) is 11.4. The molecule has 0 radical (unpaired) electrons. The molecule has 100 valence electrons. The van der Waals surface area contributed by atoms with E-state index in [9.17, 15) is 5.11 Å². The first-order valence-corrected chi connectivity index (χ1v) is 6.75. The molecule has 1 saturated heterocycles. The average molecular weight is 248 g/mol. The smallest absolute Gasteiger partial charge is 0.0644 e. The minimum absolute atomic E-state index is 0.280. The molecule has 1 aliphatic rings. The average Bonchev–Trinajstić information content (AvgIpc) is 2.34. The van der Waals surface area contributed by atoms with Crippen molar-refractivity contribution in [2.45, 2.75) is 38.3 Å². The van der Waals surface area contributed by atoms with E-state index in [1.54, 1.807) is 0 Å². The highest BCUT2D eigenvalue weighted by molar-refractivity contribution is 5.29. The van der Waals surface area contributed by atoms with Crippen LogP contribution in [-0.4, -0.2) is 35.2 Å². The van der Waals surface area contributed by atoms with Crippen LogP contribution in [-0.2, 0) is 0 Å². The van der Waals surface area contributed by atoms with E-state index in [2.05, 4.69) is 36.1 Å². The Morgan fingerprint density at radius 1 is 1.33 bits per heavy atom. The second-order valence-corrected chi connectivity index (χ2v) is 5.64. The third kappa shape index (κ3) is 2.91. The molecule has 1 atom stereocenters. The lowest BCUT2D eigenvalue weighted by Gasteiger charge is -2.40. The van der Waals surface area contributed by atoms with Gasteiger partial charge in [0.05, 0.1) is 5.60 Å². The van der Waals surface area contributed by atoms with Gasteiger partial charge in [-0.3, -0.25) is 4.90 Å². The Balaban J connectivity index is 2.13. The lowest BCUT2D eigenvalue weighted by molar-refractivity contribution is -0.0160. The van der Waals surface area contributed by atoms with Gasteiger partial charge in [-0.2, -0.15) is 0 Å². The summed E-state index contributed by atoms with van der Waals surface area (Å²) in [5, 5.41) is 10.0. The number of piperidine rings is 1. The molecule has 0 amide bonds. The molecule has 1 aromatic rings. The highest BCUT2D eigenvalue weighted by atomic mass is 16.3. The maximum absolute atomic E-state index is 10.0. The molecule has 1 aromatic carbocycles. The first kappa shape index (κ1) is 13.5. The molecule has 1 unspecified atom stereocenters. The summed E-state index contributed by atoms with van der Waals surface area (Å²) in [6.45, 7) is 6.53. The van der Waals surface area contributed by atoms with Crippen molar-refractivity contribution in [3.63, 3.8) is 0 Å². The van der Waals surface area contributed by atoms with Crippen LogP contribution in [0.15, 0.2) is 24.3 Å². The number of benzene rings is 1. The van der Waals surface area contributed by atoms with E-state index in [0.717, 1.165) is 25.9 Å². The van der Waals surface area contributed by atoms with Crippen molar-refractivity contribution in [3.8, 4) is 0 Å². The standard InChI is InChI=1S/C15H24N2O/c1-12-5-3-4-6-13(12)14(11-16)17-9-7-15(2,18)8-10-17/h3-6,14,18H,7-11,16H2,1-2H3. The molecular weight excluding hydrogens is 224 g/mol. The number of hydrogen-bond donors (Lipinski definition) is 2. The summed E-state index contributed by atoms with van der Waals surface area (Å²) in [5.74, 6) is 0. The molecule has 18 heavy (non-hydrogen) atoms. The van der Waals surface area contributed by atoms with Crippen LogP contribution in [0.3, 0.4) is 0 Å². The van der Waals surface area contributed by atoms with Gasteiger partial charge < -0.3 is 10.8 Å². The summed E-state index contributed by atoms with van der Waals surface area (Å²) in [4.78, 5) is 2.40. The maximum atomic E-state index is 10.0. The summed E-state index contributed by atoms with van der Waals surface area (Å²) >= 11 is 0. The van der Waals surface area contributed by atoms with Crippen LogP contribution in [0, 0.1) is 6.92 Å². The fraction of sp³-hybridized carbons (Fsp3) is 0.600. The minimum Gasteiger partial charge on any atom is -0.390 e. The van der Waals surface area contributed by atoms with Gasteiger partial charge in [0.15, 0.2) is 0 Å². The van der Waals surface area contributed by atoms with Gasteiger partial charge in [-0.25, -0.2) is 0 Å². The zero-order valence-electron chi connectivity index (χ0n) is 11.4. The van der Waals surface area contributed by atoms with Crippen LogP contribution in [0.2, 0.25) is 0 Å². The Morgan fingerprint density at radius 3 is 2.50 bits per heavy atom. The van der Waals surface area contributed by atoms with Crippen LogP contribution in [0.25, 0.3) is 0 Å². The molecule has 1 heterocycles. The normalized spacial score (nSPS) is 21.8. The number of rotatable bonds is 3. The van der Waals surface area contributed by atoms with E-state index in [1.807, 2.05) is 6.92 Å². The highest BCUT2D eigenvalue weighted by Crippen LogP contribution is 2.29. The van der Waals surface area contributed by atoms with Gasteiger partial charge >= 0.3 is 0 Å². The van der Waals surface area contributed by atoms with E-state index in [4.69, 9.17) is 5.73 Å². The molecule has 2 rings (SSSR count).